The number of carboxylic acids is 1. The van der Waals surface area contributed by atoms with Crippen molar-refractivity contribution in [2.24, 2.45) is 0 Å². The molecular formula is C17H15NO4. The number of amides is 1. The molecule has 5 heteroatoms. The lowest BCUT2D eigenvalue weighted by Crippen LogP contribution is -2.30. The first-order valence-corrected chi connectivity index (χ1v) is 6.90. The minimum atomic E-state index is -1.11. The second kappa shape index (κ2) is 5.52. The highest BCUT2D eigenvalue weighted by Crippen LogP contribution is 2.36. The van der Waals surface area contributed by atoms with Gasteiger partial charge in [-0.3, -0.25) is 4.79 Å². The van der Waals surface area contributed by atoms with E-state index in [1.54, 1.807) is 12.1 Å². The van der Waals surface area contributed by atoms with Gasteiger partial charge in [0, 0.05) is 0 Å². The van der Waals surface area contributed by atoms with Crippen LogP contribution in [-0.4, -0.2) is 24.1 Å². The predicted octanol–water partition coefficient (Wildman–Crippen LogP) is 2.67. The van der Waals surface area contributed by atoms with Crippen LogP contribution in [0.25, 0.3) is 0 Å². The van der Waals surface area contributed by atoms with E-state index in [0.29, 0.717) is 12.2 Å². The van der Waals surface area contributed by atoms with Crippen molar-refractivity contribution in [3.05, 3.63) is 59.2 Å². The molecule has 1 aliphatic rings. The van der Waals surface area contributed by atoms with Gasteiger partial charge in [-0.2, -0.15) is 0 Å². The zero-order valence-electron chi connectivity index (χ0n) is 12.0. The molecule has 0 aliphatic heterocycles. The number of aromatic carboxylic acids is 1. The van der Waals surface area contributed by atoms with Crippen LogP contribution in [0.5, 0.6) is 5.75 Å². The van der Waals surface area contributed by atoms with Crippen molar-refractivity contribution in [3.8, 4) is 5.75 Å². The molecular weight excluding hydrogens is 282 g/mol. The van der Waals surface area contributed by atoms with Crippen molar-refractivity contribution in [1.82, 2.24) is 0 Å². The van der Waals surface area contributed by atoms with E-state index in [0.717, 1.165) is 11.1 Å². The summed E-state index contributed by atoms with van der Waals surface area (Å²) in [6.45, 7) is 0. The minimum Gasteiger partial charge on any atom is -0.497 e. The van der Waals surface area contributed by atoms with Crippen LogP contribution in [0.3, 0.4) is 0 Å². The summed E-state index contributed by atoms with van der Waals surface area (Å²) in [4.78, 5) is 23.7. The van der Waals surface area contributed by atoms with Gasteiger partial charge in [0.2, 0.25) is 5.91 Å². The smallest absolute Gasteiger partial charge is 0.337 e. The average molecular weight is 297 g/mol. The summed E-state index contributed by atoms with van der Waals surface area (Å²) < 4.78 is 5.02. The number of anilines is 1. The molecule has 1 atom stereocenters. The molecule has 3 rings (SSSR count). The van der Waals surface area contributed by atoms with E-state index >= 15 is 0 Å². The van der Waals surface area contributed by atoms with Gasteiger partial charge in [-0.1, -0.05) is 24.3 Å². The Labute approximate surface area is 127 Å². The number of fused-ring (bicyclic) bond motifs is 1. The van der Waals surface area contributed by atoms with Crippen LogP contribution < -0.4 is 10.1 Å². The molecule has 5 nitrogen and oxygen atoms in total. The van der Waals surface area contributed by atoms with E-state index < -0.39 is 5.97 Å². The van der Waals surface area contributed by atoms with Gasteiger partial charge >= 0.3 is 5.97 Å². The van der Waals surface area contributed by atoms with Crippen LogP contribution in [-0.2, 0) is 11.2 Å². The monoisotopic (exact) mass is 297 g/mol. The first-order chi connectivity index (χ1) is 10.6. The Morgan fingerprint density at radius 3 is 2.68 bits per heavy atom. The summed E-state index contributed by atoms with van der Waals surface area (Å²) in [5.41, 5.74) is 2.46. The first-order valence-electron chi connectivity index (χ1n) is 6.90. The Morgan fingerprint density at radius 2 is 2.00 bits per heavy atom. The van der Waals surface area contributed by atoms with Crippen LogP contribution in [0.15, 0.2) is 42.5 Å². The molecule has 1 aliphatic carbocycles. The third-order valence-corrected chi connectivity index (χ3v) is 3.89. The molecule has 2 N–H and O–H groups in total. The van der Waals surface area contributed by atoms with Gasteiger partial charge in [0.15, 0.2) is 0 Å². The first kappa shape index (κ1) is 14.1. The number of carbonyl (C=O) groups is 2. The Hall–Kier alpha value is -2.82. The van der Waals surface area contributed by atoms with Gasteiger partial charge in [-0.05, 0) is 35.7 Å². The van der Waals surface area contributed by atoms with E-state index in [9.17, 15) is 14.7 Å². The van der Waals surface area contributed by atoms with Gasteiger partial charge < -0.3 is 15.2 Å². The van der Waals surface area contributed by atoms with E-state index in [-0.39, 0.29) is 23.1 Å². The molecule has 112 valence electrons. The standard InChI is InChI=1S/C17H15NO4/c1-22-11-6-7-15(14(9-11)17(20)21)18-16(19)13-8-10-4-2-3-5-12(10)13/h2-7,9,13H,8H2,1H3,(H,18,19)(H,20,21). The van der Waals surface area contributed by atoms with Gasteiger partial charge in [-0.15, -0.1) is 0 Å². The summed E-state index contributed by atoms with van der Waals surface area (Å²) in [6.07, 6.45) is 0.681. The van der Waals surface area contributed by atoms with E-state index in [2.05, 4.69) is 5.32 Å². The SMILES string of the molecule is COc1ccc(NC(=O)C2Cc3ccccc32)c(C(=O)O)c1. The number of hydrogen-bond donors (Lipinski definition) is 2. The maximum Gasteiger partial charge on any atom is 0.337 e. The summed E-state index contributed by atoms with van der Waals surface area (Å²) in [6, 6.07) is 12.3. The van der Waals surface area contributed by atoms with Crippen LogP contribution in [0.2, 0.25) is 0 Å². The summed E-state index contributed by atoms with van der Waals surface area (Å²) >= 11 is 0. The van der Waals surface area contributed by atoms with Crippen molar-refractivity contribution in [1.29, 1.82) is 0 Å². The summed E-state index contributed by atoms with van der Waals surface area (Å²) in [5.74, 6) is -1.08. The Morgan fingerprint density at radius 1 is 1.23 bits per heavy atom. The van der Waals surface area contributed by atoms with E-state index in [1.165, 1.54) is 13.2 Å². The molecule has 1 amide bonds. The van der Waals surface area contributed by atoms with Gasteiger partial charge in [-0.25, -0.2) is 4.79 Å². The molecule has 0 saturated heterocycles. The third-order valence-electron chi connectivity index (χ3n) is 3.89. The third kappa shape index (κ3) is 2.41. The molecule has 0 bridgehead atoms. The number of hydrogen-bond acceptors (Lipinski definition) is 3. The van der Waals surface area contributed by atoms with Crippen LogP contribution in [0.4, 0.5) is 5.69 Å². The number of methoxy groups -OCH3 is 1. The normalized spacial score (nSPS) is 15.4. The highest BCUT2D eigenvalue weighted by Gasteiger charge is 2.32. The molecule has 0 heterocycles. The fourth-order valence-electron chi connectivity index (χ4n) is 2.65. The second-order valence-corrected chi connectivity index (χ2v) is 5.16. The minimum absolute atomic E-state index is 0.0142. The average Bonchev–Trinajstić information content (AvgIpc) is 2.48. The van der Waals surface area contributed by atoms with Crippen LogP contribution >= 0.6 is 0 Å². The van der Waals surface area contributed by atoms with Crippen molar-refractivity contribution in [2.75, 3.05) is 12.4 Å². The highest BCUT2D eigenvalue weighted by atomic mass is 16.5. The fraction of sp³-hybridized carbons (Fsp3) is 0.176. The molecule has 0 fully saturated rings. The van der Waals surface area contributed by atoms with Crippen molar-refractivity contribution in [2.45, 2.75) is 12.3 Å². The van der Waals surface area contributed by atoms with Crippen molar-refractivity contribution in [3.63, 3.8) is 0 Å². The predicted molar refractivity (Wildman–Crippen MR) is 81.5 cm³/mol. The van der Waals surface area contributed by atoms with Gasteiger partial charge in [0.25, 0.3) is 0 Å². The number of benzene rings is 2. The highest BCUT2D eigenvalue weighted by molar-refractivity contribution is 6.03. The van der Waals surface area contributed by atoms with Crippen molar-refractivity contribution >= 4 is 17.6 Å². The number of nitrogens with one attached hydrogen (secondary N) is 1. The maximum atomic E-state index is 12.4. The van der Waals surface area contributed by atoms with E-state index in [1.807, 2.05) is 24.3 Å². The Bertz CT molecular complexity index is 754. The lowest BCUT2D eigenvalue weighted by atomic mass is 9.77. The lowest BCUT2D eigenvalue weighted by molar-refractivity contribution is -0.118. The van der Waals surface area contributed by atoms with Crippen LogP contribution in [0.1, 0.15) is 27.4 Å². The number of carboxylic acid groups (broad SMARTS) is 1. The number of carbonyl (C=O) groups excluding carboxylic acids is 1. The zero-order chi connectivity index (χ0) is 15.7. The van der Waals surface area contributed by atoms with Crippen molar-refractivity contribution < 1.29 is 19.4 Å². The number of rotatable bonds is 4. The Balaban J connectivity index is 1.82. The summed E-state index contributed by atoms with van der Waals surface area (Å²) in [5, 5.41) is 12.0. The topological polar surface area (TPSA) is 75.6 Å². The fourth-order valence-corrected chi connectivity index (χ4v) is 2.65. The van der Waals surface area contributed by atoms with E-state index in [4.69, 9.17) is 4.74 Å². The lowest BCUT2D eigenvalue weighted by Gasteiger charge is -2.29. The van der Waals surface area contributed by atoms with Crippen LogP contribution in [0, 0.1) is 0 Å². The quantitative estimate of drug-likeness (QED) is 0.909. The molecule has 0 radical (unpaired) electrons. The molecule has 0 spiro atoms. The maximum absolute atomic E-state index is 12.4. The largest absolute Gasteiger partial charge is 0.497 e. The van der Waals surface area contributed by atoms with Gasteiger partial charge in [0.1, 0.15) is 5.75 Å². The van der Waals surface area contributed by atoms with Gasteiger partial charge in [0.05, 0.1) is 24.3 Å². The zero-order valence-corrected chi connectivity index (χ0v) is 12.0. The number of ether oxygens (including phenoxy) is 1. The molecule has 22 heavy (non-hydrogen) atoms. The second-order valence-electron chi connectivity index (χ2n) is 5.16. The molecule has 0 aromatic heterocycles. The molecule has 1 unspecified atom stereocenters. The Kier molecular flexibility index (Phi) is 3.55. The molecule has 0 saturated carbocycles. The summed E-state index contributed by atoms with van der Waals surface area (Å²) in [7, 11) is 1.46. The molecule has 2 aromatic rings. The molecule has 2 aromatic carbocycles.